The lowest BCUT2D eigenvalue weighted by Gasteiger charge is -1.95. The molecule has 0 spiro atoms. The Morgan fingerprint density at radius 1 is 1.50 bits per heavy atom. The molecule has 1 aromatic heterocycles. The van der Waals surface area contributed by atoms with Crippen LogP contribution < -0.4 is 5.32 Å². The van der Waals surface area contributed by atoms with Crippen LogP contribution in [0, 0.1) is 6.92 Å². The number of carbonyl (C=O) groups is 3. The Morgan fingerprint density at radius 3 is 2.57 bits per heavy atom. The molecule has 0 bridgehead atoms. The summed E-state index contributed by atoms with van der Waals surface area (Å²) < 4.78 is 0. The summed E-state index contributed by atoms with van der Waals surface area (Å²) in [6.07, 6.45) is 1.51. The predicted molar refractivity (Wildman–Crippen MR) is 48.1 cm³/mol. The summed E-state index contributed by atoms with van der Waals surface area (Å²) in [5, 5.41) is 10.5. The molecule has 1 amide bonds. The average Bonchev–Trinajstić information content (AvgIpc) is 2.49. The molecule has 7 heteroatoms. The van der Waals surface area contributed by atoms with E-state index in [9.17, 15) is 14.4 Å². The van der Waals surface area contributed by atoms with Gasteiger partial charge in [0.05, 0.1) is 0 Å². The summed E-state index contributed by atoms with van der Waals surface area (Å²) >= 11 is 1.16. The van der Waals surface area contributed by atoms with Crippen molar-refractivity contribution >= 4 is 34.1 Å². The van der Waals surface area contributed by atoms with E-state index < -0.39 is 17.7 Å². The maximum absolute atomic E-state index is 10.9. The maximum atomic E-state index is 10.9. The standard InChI is InChI=1S/C7H6N2O4S/c1-3-2-8-7(14-3)9-5(11)4(10)6(12)13/h2H,1H3,(H,12,13)(H,8,9,11). The fourth-order valence-corrected chi connectivity index (χ4v) is 1.32. The van der Waals surface area contributed by atoms with E-state index in [2.05, 4.69) is 10.3 Å². The first-order valence-electron chi connectivity index (χ1n) is 3.51. The molecule has 0 unspecified atom stereocenters. The van der Waals surface area contributed by atoms with E-state index in [-0.39, 0.29) is 5.13 Å². The molecule has 0 aliphatic rings. The Morgan fingerprint density at radius 2 is 2.14 bits per heavy atom. The third kappa shape index (κ3) is 2.36. The number of amides is 1. The summed E-state index contributed by atoms with van der Waals surface area (Å²) in [5.41, 5.74) is 0. The minimum atomic E-state index is -1.78. The second-order valence-electron chi connectivity index (χ2n) is 2.36. The van der Waals surface area contributed by atoms with E-state index in [1.807, 2.05) is 0 Å². The fourth-order valence-electron chi connectivity index (χ4n) is 0.664. The highest BCUT2D eigenvalue weighted by Gasteiger charge is 2.22. The third-order valence-electron chi connectivity index (χ3n) is 1.24. The van der Waals surface area contributed by atoms with Crippen LogP contribution in [-0.4, -0.2) is 27.8 Å². The van der Waals surface area contributed by atoms with Crippen molar-refractivity contribution in [1.82, 2.24) is 4.98 Å². The minimum absolute atomic E-state index is 0.210. The van der Waals surface area contributed by atoms with E-state index in [4.69, 9.17) is 5.11 Å². The molecule has 0 aliphatic heterocycles. The molecule has 0 aliphatic carbocycles. The van der Waals surface area contributed by atoms with Crippen LogP contribution in [0.4, 0.5) is 5.13 Å². The second kappa shape index (κ2) is 3.97. The van der Waals surface area contributed by atoms with Crippen molar-refractivity contribution in [1.29, 1.82) is 0 Å². The van der Waals surface area contributed by atoms with Crippen LogP contribution in [0.1, 0.15) is 4.88 Å². The van der Waals surface area contributed by atoms with E-state index in [0.717, 1.165) is 16.2 Å². The van der Waals surface area contributed by atoms with Gasteiger partial charge < -0.3 is 5.11 Å². The van der Waals surface area contributed by atoms with Crippen molar-refractivity contribution in [2.75, 3.05) is 5.32 Å². The van der Waals surface area contributed by atoms with Gasteiger partial charge in [-0.3, -0.25) is 14.9 Å². The van der Waals surface area contributed by atoms with Gasteiger partial charge >= 0.3 is 17.7 Å². The first kappa shape index (κ1) is 10.3. The molecule has 1 aromatic rings. The average molecular weight is 214 g/mol. The lowest BCUT2D eigenvalue weighted by molar-refractivity contribution is -0.152. The summed E-state index contributed by atoms with van der Waals surface area (Å²) in [5.74, 6) is -4.47. The number of aryl methyl sites for hydroxylation is 1. The van der Waals surface area contributed by atoms with Gasteiger partial charge in [0.2, 0.25) is 0 Å². The summed E-state index contributed by atoms with van der Waals surface area (Å²) in [6.45, 7) is 1.77. The molecular weight excluding hydrogens is 208 g/mol. The van der Waals surface area contributed by atoms with E-state index in [0.29, 0.717) is 0 Å². The van der Waals surface area contributed by atoms with Gasteiger partial charge in [-0.2, -0.15) is 0 Å². The second-order valence-corrected chi connectivity index (χ2v) is 3.60. The smallest absolute Gasteiger partial charge is 0.382 e. The number of nitrogens with zero attached hydrogens (tertiary/aromatic N) is 1. The number of thiazole rings is 1. The molecule has 0 saturated carbocycles. The summed E-state index contributed by atoms with van der Waals surface area (Å²) in [6, 6.07) is 0. The normalized spacial score (nSPS) is 9.50. The lowest BCUT2D eigenvalue weighted by atomic mass is 10.4. The van der Waals surface area contributed by atoms with E-state index in [1.54, 1.807) is 6.92 Å². The monoisotopic (exact) mass is 214 g/mol. The summed E-state index contributed by atoms with van der Waals surface area (Å²) in [4.78, 5) is 36.2. The highest BCUT2D eigenvalue weighted by molar-refractivity contribution is 7.15. The number of carboxylic acid groups (broad SMARTS) is 1. The number of hydrogen-bond acceptors (Lipinski definition) is 5. The molecule has 74 valence electrons. The first-order chi connectivity index (χ1) is 6.50. The minimum Gasteiger partial charge on any atom is -0.475 e. The van der Waals surface area contributed by atoms with Crippen molar-refractivity contribution in [2.24, 2.45) is 0 Å². The Kier molecular flexibility index (Phi) is 2.92. The van der Waals surface area contributed by atoms with Crippen molar-refractivity contribution in [2.45, 2.75) is 6.92 Å². The number of ketones is 1. The van der Waals surface area contributed by atoms with Gasteiger partial charge in [0, 0.05) is 11.1 Å². The zero-order valence-corrected chi connectivity index (χ0v) is 7.92. The molecule has 14 heavy (non-hydrogen) atoms. The Labute approximate surface area is 82.6 Å². The van der Waals surface area contributed by atoms with E-state index >= 15 is 0 Å². The van der Waals surface area contributed by atoms with Gasteiger partial charge in [0.25, 0.3) is 0 Å². The zero-order chi connectivity index (χ0) is 10.7. The number of carboxylic acids is 1. The van der Waals surface area contributed by atoms with Gasteiger partial charge in [0.15, 0.2) is 5.13 Å². The number of rotatable bonds is 3. The van der Waals surface area contributed by atoms with Gasteiger partial charge in [-0.15, -0.1) is 11.3 Å². The number of Topliss-reactive ketones (excluding diaryl/α,β-unsaturated/α-hetero) is 1. The SMILES string of the molecule is Cc1cnc(NC(=O)C(=O)C(=O)O)s1. The van der Waals surface area contributed by atoms with Crippen molar-refractivity contribution < 1.29 is 19.5 Å². The molecule has 1 rings (SSSR count). The topological polar surface area (TPSA) is 96.4 Å². The number of hydrogen-bond donors (Lipinski definition) is 2. The molecule has 0 aromatic carbocycles. The molecular formula is C7H6N2O4S. The van der Waals surface area contributed by atoms with Crippen molar-refractivity contribution in [3.63, 3.8) is 0 Å². The van der Waals surface area contributed by atoms with Crippen molar-refractivity contribution in [3.8, 4) is 0 Å². The highest BCUT2D eigenvalue weighted by Crippen LogP contribution is 2.16. The number of anilines is 1. The number of nitrogens with one attached hydrogen (secondary N) is 1. The zero-order valence-electron chi connectivity index (χ0n) is 7.10. The molecule has 0 atom stereocenters. The van der Waals surface area contributed by atoms with Crippen LogP contribution in [0.3, 0.4) is 0 Å². The number of aliphatic carboxylic acids is 1. The Hall–Kier alpha value is -1.76. The maximum Gasteiger partial charge on any atom is 0.382 e. The quantitative estimate of drug-likeness (QED) is 0.547. The van der Waals surface area contributed by atoms with Crippen molar-refractivity contribution in [3.05, 3.63) is 11.1 Å². The number of carbonyl (C=O) groups excluding carboxylic acids is 2. The molecule has 1 heterocycles. The van der Waals surface area contributed by atoms with Crippen LogP contribution in [-0.2, 0) is 14.4 Å². The summed E-state index contributed by atoms with van der Waals surface area (Å²) in [7, 11) is 0. The molecule has 0 radical (unpaired) electrons. The Balaban J connectivity index is 2.66. The van der Waals surface area contributed by atoms with E-state index in [1.165, 1.54) is 6.20 Å². The predicted octanol–water partition coefficient (Wildman–Crippen LogP) is 0.0437. The van der Waals surface area contributed by atoms with Crippen LogP contribution in [0.25, 0.3) is 0 Å². The van der Waals surface area contributed by atoms with Gasteiger partial charge in [-0.1, -0.05) is 0 Å². The molecule has 2 N–H and O–H groups in total. The first-order valence-corrected chi connectivity index (χ1v) is 4.33. The van der Waals surface area contributed by atoms with Gasteiger partial charge in [-0.25, -0.2) is 9.78 Å². The molecule has 0 saturated heterocycles. The van der Waals surface area contributed by atoms with Crippen LogP contribution in [0.15, 0.2) is 6.20 Å². The largest absolute Gasteiger partial charge is 0.475 e. The Bertz CT molecular complexity index is 398. The van der Waals surface area contributed by atoms with Crippen LogP contribution >= 0.6 is 11.3 Å². The fraction of sp³-hybridized carbons (Fsp3) is 0.143. The van der Waals surface area contributed by atoms with Gasteiger partial charge in [0.1, 0.15) is 0 Å². The number of aromatic nitrogens is 1. The lowest BCUT2D eigenvalue weighted by Crippen LogP contribution is -2.29. The third-order valence-corrected chi connectivity index (χ3v) is 2.07. The van der Waals surface area contributed by atoms with Gasteiger partial charge in [-0.05, 0) is 6.92 Å². The van der Waals surface area contributed by atoms with Crippen LogP contribution in [0.5, 0.6) is 0 Å². The van der Waals surface area contributed by atoms with Crippen LogP contribution in [0.2, 0.25) is 0 Å². The molecule has 0 fully saturated rings. The highest BCUT2D eigenvalue weighted by atomic mass is 32.1. The molecule has 6 nitrogen and oxygen atoms in total.